The molecule has 2 unspecified atom stereocenters. The van der Waals surface area contributed by atoms with Gasteiger partial charge in [-0.15, -0.1) is 0 Å². The normalized spacial score (nSPS) is 13.6. The first kappa shape index (κ1) is 13.2. The van der Waals surface area contributed by atoms with Crippen molar-refractivity contribution in [1.82, 2.24) is 4.98 Å². The largest absolute Gasteiger partial charge is 0.481 e. The van der Waals surface area contributed by atoms with Crippen molar-refractivity contribution < 1.29 is 19.3 Å². The summed E-state index contributed by atoms with van der Waals surface area (Å²) in [5, 5.41) is 22.3. The van der Waals surface area contributed by atoms with Gasteiger partial charge >= 0.3 is 0 Å². The van der Waals surface area contributed by atoms with Gasteiger partial charge in [0.2, 0.25) is 5.88 Å². The summed E-state index contributed by atoms with van der Waals surface area (Å²) in [4.78, 5) is 6.05. The third kappa shape index (κ3) is 3.28. The first-order valence-corrected chi connectivity index (χ1v) is 4.66. The predicted octanol–water partition coefficient (Wildman–Crippen LogP) is 0.934. The van der Waals surface area contributed by atoms with Crippen LogP contribution in [0.2, 0.25) is 0 Å². The lowest BCUT2D eigenvalue weighted by Crippen LogP contribution is -2.22. The Hall–Kier alpha value is -1.89. The first-order valence-electron chi connectivity index (χ1n) is 4.66. The van der Waals surface area contributed by atoms with E-state index < -0.39 is 18.0 Å². The minimum atomic E-state index is -1.45. The van der Waals surface area contributed by atoms with Crippen LogP contribution in [0.4, 0.5) is 4.39 Å². The van der Waals surface area contributed by atoms with E-state index in [1.807, 2.05) is 0 Å². The molecule has 2 N–H and O–H groups in total. The van der Waals surface area contributed by atoms with Gasteiger partial charge in [0.1, 0.15) is 11.9 Å². The van der Waals surface area contributed by atoms with E-state index >= 15 is 0 Å². The number of aliphatic hydroxyl groups is 2. The van der Waals surface area contributed by atoms with Gasteiger partial charge in [0.25, 0.3) is 0 Å². The van der Waals surface area contributed by atoms with Crippen LogP contribution in [0.5, 0.6) is 5.88 Å². The van der Waals surface area contributed by atoms with Crippen LogP contribution in [-0.4, -0.2) is 35.0 Å². The lowest BCUT2D eigenvalue weighted by Gasteiger charge is -2.17. The number of methoxy groups -OCH3 is 1. The highest BCUT2D eigenvalue weighted by molar-refractivity contribution is 5.29. The molecule has 1 aromatic heterocycles. The molecule has 0 saturated carbocycles. The van der Waals surface area contributed by atoms with Crippen molar-refractivity contribution in [2.75, 3.05) is 13.7 Å². The van der Waals surface area contributed by atoms with Gasteiger partial charge in [0.05, 0.1) is 26.0 Å². The SMILES string of the molecule is COc1ncc(F)cc1C(O)C(O)CN=[N+]=[N-]. The van der Waals surface area contributed by atoms with Gasteiger partial charge in [-0.3, -0.25) is 0 Å². The van der Waals surface area contributed by atoms with E-state index in [-0.39, 0.29) is 18.0 Å². The molecule has 7 nitrogen and oxygen atoms in total. The maximum atomic E-state index is 13.0. The molecule has 0 fully saturated rings. The Morgan fingerprint density at radius 2 is 2.35 bits per heavy atom. The van der Waals surface area contributed by atoms with Crippen molar-refractivity contribution in [3.8, 4) is 5.88 Å². The van der Waals surface area contributed by atoms with Crippen LogP contribution in [0.1, 0.15) is 11.7 Å². The molecule has 1 rings (SSSR count). The standard InChI is InChI=1S/C9H11FN4O3/c1-17-9-6(2-5(10)3-12-9)8(16)7(15)4-13-14-11/h2-3,7-8,15-16H,4H2,1H3. The number of aromatic nitrogens is 1. The number of ether oxygens (including phenoxy) is 1. The van der Waals surface area contributed by atoms with E-state index in [1.54, 1.807) is 0 Å². The second-order valence-corrected chi connectivity index (χ2v) is 3.18. The lowest BCUT2D eigenvalue weighted by atomic mass is 10.1. The summed E-state index contributed by atoms with van der Waals surface area (Å²) in [7, 11) is 1.30. The molecule has 0 aliphatic heterocycles. The van der Waals surface area contributed by atoms with E-state index in [2.05, 4.69) is 15.0 Å². The molecular formula is C9H11FN4O3. The van der Waals surface area contributed by atoms with Crippen LogP contribution >= 0.6 is 0 Å². The molecule has 8 heteroatoms. The summed E-state index contributed by atoms with van der Waals surface area (Å²) in [6, 6.07) is 0.996. The molecule has 0 amide bonds. The van der Waals surface area contributed by atoms with E-state index in [9.17, 15) is 14.6 Å². The Morgan fingerprint density at radius 3 is 2.94 bits per heavy atom. The summed E-state index contributed by atoms with van der Waals surface area (Å²) in [5.41, 5.74) is 8.07. The van der Waals surface area contributed by atoms with Crippen LogP contribution in [0, 0.1) is 5.82 Å². The fourth-order valence-electron chi connectivity index (χ4n) is 1.25. The summed E-state index contributed by atoms with van der Waals surface area (Å²) in [6.07, 6.45) is -1.88. The molecule has 1 heterocycles. The van der Waals surface area contributed by atoms with Crippen LogP contribution in [-0.2, 0) is 0 Å². The fourth-order valence-corrected chi connectivity index (χ4v) is 1.25. The number of aliphatic hydroxyl groups excluding tert-OH is 2. The quantitative estimate of drug-likeness (QED) is 0.454. The van der Waals surface area contributed by atoms with Crippen LogP contribution < -0.4 is 4.74 Å². The Balaban J connectivity index is 2.97. The molecule has 92 valence electrons. The highest BCUT2D eigenvalue weighted by Crippen LogP contribution is 2.26. The average molecular weight is 242 g/mol. The highest BCUT2D eigenvalue weighted by atomic mass is 19.1. The Bertz CT molecular complexity index is 436. The van der Waals surface area contributed by atoms with Gasteiger partial charge in [-0.2, -0.15) is 0 Å². The highest BCUT2D eigenvalue weighted by Gasteiger charge is 2.22. The second kappa shape index (κ2) is 6.00. The third-order valence-corrected chi connectivity index (χ3v) is 2.05. The zero-order chi connectivity index (χ0) is 12.8. The molecule has 0 aliphatic carbocycles. The molecule has 17 heavy (non-hydrogen) atoms. The van der Waals surface area contributed by atoms with Crippen molar-refractivity contribution in [3.63, 3.8) is 0 Å². The zero-order valence-corrected chi connectivity index (χ0v) is 8.99. The molecule has 0 aliphatic rings. The zero-order valence-electron chi connectivity index (χ0n) is 8.99. The maximum Gasteiger partial charge on any atom is 0.219 e. The van der Waals surface area contributed by atoms with Crippen molar-refractivity contribution >= 4 is 0 Å². The number of hydrogen-bond donors (Lipinski definition) is 2. The smallest absolute Gasteiger partial charge is 0.219 e. The van der Waals surface area contributed by atoms with Gasteiger partial charge in [-0.05, 0) is 11.6 Å². The topological polar surface area (TPSA) is 111 Å². The maximum absolute atomic E-state index is 13.0. The molecular weight excluding hydrogens is 231 g/mol. The van der Waals surface area contributed by atoms with E-state index in [1.165, 1.54) is 7.11 Å². The molecule has 0 saturated heterocycles. The van der Waals surface area contributed by atoms with Crippen molar-refractivity contribution in [2.24, 2.45) is 5.11 Å². The van der Waals surface area contributed by atoms with Crippen LogP contribution in [0.25, 0.3) is 10.4 Å². The van der Waals surface area contributed by atoms with E-state index in [4.69, 9.17) is 10.3 Å². The van der Waals surface area contributed by atoms with Crippen LogP contribution in [0.3, 0.4) is 0 Å². The van der Waals surface area contributed by atoms with E-state index in [0.717, 1.165) is 12.3 Å². The summed E-state index contributed by atoms with van der Waals surface area (Å²) in [5.74, 6) is -0.672. The van der Waals surface area contributed by atoms with Gasteiger partial charge in [-0.1, -0.05) is 5.11 Å². The van der Waals surface area contributed by atoms with Crippen molar-refractivity contribution in [1.29, 1.82) is 0 Å². The Labute approximate surface area is 96.1 Å². The number of halogens is 1. The van der Waals surface area contributed by atoms with Gasteiger partial charge in [-0.25, -0.2) is 9.37 Å². The van der Waals surface area contributed by atoms with E-state index in [0.29, 0.717) is 0 Å². The molecule has 0 spiro atoms. The van der Waals surface area contributed by atoms with Crippen LogP contribution in [0.15, 0.2) is 17.4 Å². The molecule has 1 aromatic rings. The van der Waals surface area contributed by atoms with Crippen molar-refractivity contribution in [2.45, 2.75) is 12.2 Å². The molecule has 0 radical (unpaired) electrons. The number of rotatable bonds is 5. The average Bonchev–Trinajstić information content (AvgIpc) is 2.34. The molecule has 2 atom stereocenters. The second-order valence-electron chi connectivity index (χ2n) is 3.18. The fraction of sp³-hybridized carbons (Fsp3) is 0.444. The molecule has 0 aromatic carbocycles. The van der Waals surface area contributed by atoms with Gasteiger partial charge < -0.3 is 14.9 Å². The van der Waals surface area contributed by atoms with Gasteiger partial charge in [0.15, 0.2) is 0 Å². The Kier molecular flexibility index (Phi) is 4.65. The minimum Gasteiger partial charge on any atom is -0.481 e. The van der Waals surface area contributed by atoms with Crippen molar-refractivity contribution in [3.05, 3.63) is 34.1 Å². The predicted molar refractivity (Wildman–Crippen MR) is 55.7 cm³/mol. The summed E-state index contributed by atoms with van der Waals surface area (Å²) in [6.45, 7) is -0.336. The monoisotopic (exact) mass is 242 g/mol. The minimum absolute atomic E-state index is 0.00103. The summed E-state index contributed by atoms with van der Waals surface area (Å²) >= 11 is 0. The van der Waals surface area contributed by atoms with Gasteiger partial charge in [0, 0.05) is 10.5 Å². The Morgan fingerprint density at radius 1 is 1.65 bits per heavy atom. The number of pyridine rings is 1. The number of nitrogens with zero attached hydrogens (tertiary/aromatic N) is 4. The molecule has 0 bridgehead atoms. The third-order valence-electron chi connectivity index (χ3n) is 2.05. The first-order chi connectivity index (χ1) is 8.10. The lowest BCUT2D eigenvalue weighted by molar-refractivity contribution is 0.0224. The number of hydrogen-bond acceptors (Lipinski definition) is 5. The number of azide groups is 1. The summed E-state index contributed by atoms with van der Waals surface area (Å²) < 4.78 is 17.8.